The number of likely N-dealkylation sites (tertiary alicyclic amines) is 1. The number of thiazole rings is 1. The van der Waals surface area contributed by atoms with Crippen molar-refractivity contribution in [2.24, 2.45) is 17.8 Å². The smallest absolute Gasteiger partial charge is 0.410 e. The summed E-state index contributed by atoms with van der Waals surface area (Å²) in [5, 5.41) is 2.40. The van der Waals surface area contributed by atoms with E-state index in [2.05, 4.69) is 4.98 Å². The number of amides is 3. The molecule has 40 heavy (non-hydrogen) atoms. The number of hydrogen-bond acceptors (Lipinski definition) is 9. The summed E-state index contributed by atoms with van der Waals surface area (Å²) >= 11 is 1.36. The third kappa shape index (κ3) is 6.47. The van der Waals surface area contributed by atoms with Gasteiger partial charge in [-0.05, 0) is 39.5 Å². The summed E-state index contributed by atoms with van der Waals surface area (Å²) in [4.78, 5) is 58.0. The summed E-state index contributed by atoms with van der Waals surface area (Å²) in [7, 11) is 1.73. The number of ketones is 1. The summed E-state index contributed by atoms with van der Waals surface area (Å²) in [5.74, 6) is -1.08. The van der Waals surface area contributed by atoms with Crippen LogP contribution in [-0.4, -0.2) is 82.5 Å². The van der Waals surface area contributed by atoms with Crippen LogP contribution < -0.4 is 0 Å². The summed E-state index contributed by atoms with van der Waals surface area (Å²) in [5.41, 5.74) is -0.229. The lowest BCUT2D eigenvalue weighted by atomic mass is 9.85. The molecule has 10 nitrogen and oxygen atoms in total. The monoisotopic (exact) mass is 575 g/mol. The molecule has 3 aliphatic heterocycles. The molecule has 2 saturated heterocycles. The van der Waals surface area contributed by atoms with Crippen molar-refractivity contribution < 1.29 is 33.4 Å². The lowest BCUT2D eigenvalue weighted by Gasteiger charge is -2.34. The number of imide groups is 1. The van der Waals surface area contributed by atoms with Crippen LogP contribution in [0.25, 0.3) is 0 Å². The zero-order chi connectivity index (χ0) is 29.4. The maximum Gasteiger partial charge on any atom is 0.410 e. The van der Waals surface area contributed by atoms with Gasteiger partial charge in [0.05, 0.1) is 24.0 Å². The first-order valence-corrected chi connectivity index (χ1v) is 14.9. The van der Waals surface area contributed by atoms with E-state index in [1.165, 1.54) is 23.2 Å². The highest BCUT2D eigenvalue weighted by Gasteiger charge is 2.60. The quantitative estimate of drug-likeness (QED) is 0.156. The maximum atomic E-state index is 12.9. The molecule has 0 aliphatic carbocycles. The van der Waals surface area contributed by atoms with E-state index in [1.807, 2.05) is 46.8 Å². The third-order valence-corrected chi connectivity index (χ3v) is 8.60. The molecule has 0 N–H and O–H groups in total. The molecule has 0 aromatic carbocycles. The molecule has 220 valence electrons. The lowest BCUT2D eigenvalue weighted by Crippen LogP contribution is -2.44. The molecule has 3 amide bonds. The number of nitrogens with zero attached hydrogens (tertiary/aromatic N) is 3. The largest absolute Gasteiger partial charge is 0.444 e. The van der Waals surface area contributed by atoms with Crippen molar-refractivity contribution in [1.29, 1.82) is 0 Å². The van der Waals surface area contributed by atoms with E-state index >= 15 is 0 Å². The van der Waals surface area contributed by atoms with Gasteiger partial charge in [0.25, 0.3) is 0 Å². The highest BCUT2D eigenvalue weighted by Crippen LogP contribution is 2.45. The summed E-state index contributed by atoms with van der Waals surface area (Å²) in [6, 6.07) is -0.199. The van der Waals surface area contributed by atoms with Gasteiger partial charge in [0.2, 0.25) is 11.8 Å². The van der Waals surface area contributed by atoms with Crippen LogP contribution in [0.5, 0.6) is 0 Å². The van der Waals surface area contributed by atoms with Crippen LogP contribution in [0.2, 0.25) is 0 Å². The van der Waals surface area contributed by atoms with Crippen molar-refractivity contribution in [3.05, 3.63) is 28.2 Å². The minimum atomic E-state index is -0.617. The van der Waals surface area contributed by atoms with Gasteiger partial charge in [-0.1, -0.05) is 26.0 Å². The zero-order valence-electron chi connectivity index (χ0n) is 24.4. The van der Waals surface area contributed by atoms with Crippen LogP contribution in [0.4, 0.5) is 4.79 Å². The van der Waals surface area contributed by atoms with E-state index in [1.54, 1.807) is 17.3 Å². The summed E-state index contributed by atoms with van der Waals surface area (Å²) < 4.78 is 17.6. The third-order valence-electron chi connectivity index (χ3n) is 7.66. The fourth-order valence-corrected chi connectivity index (χ4v) is 6.50. The Morgan fingerprint density at radius 3 is 2.27 bits per heavy atom. The molecule has 6 atom stereocenters. The first-order chi connectivity index (χ1) is 18.8. The molecule has 0 radical (unpaired) electrons. The second kappa shape index (κ2) is 12.1. The van der Waals surface area contributed by atoms with E-state index in [0.717, 1.165) is 0 Å². The lowest BCUT2D eigenvalue weighted by molar-refractivity contribution is -0.142. The number of rotatable bonds is 12. The van der Waals surface area contributed by atoms with Crippen molar-refractivity contribution in [1.82, 2.24) is 14.8 Å². The standard InChI is InChI=1S/C29H41N3O7S/c1-16(2)19(31(7)28(36)39-29(4,5)6)14-22(25-30-18(15-40-25)17(3)33)37-13-9-8-12-32-26(34)23-20-10-11-21(38-20)24(23)27(32)35/h10-11,15-16,19-24H,8-9,12-14H2,1-7H3/t19-,20?,21?,22-,23?,24?/m1/s1. The van der Waals surface area contributed by atoms with Gasteiger partial charge < -0.3 is 19.1 Å². The minimum Gasteiger partial charge on any atom is -0.444 e. The van der Waals surface area contributed by atoms with E-state index in [-0.39, 0.29) is 41.8 Å². The molecule has 4 heterocycles. The van der Waals surface area contributed by atoms with Crippen LogP contribution in [0.1, 0.15) is 82.4 Å². The fourth-order valence-electron chi connectivity index (χ4n) is 5.59. The highest BCUT2D eigenvalue weighted by molar-refractivity contribution is 7.09. The second-order valence-corrected chi connectivity index (χ2v) is 13.1. The average molecular weight is 576 g/mol. The molecule has 4 unspecified atom stereocenters. The molecule has 4 rings (SSSR count). The Morgan fingerprint density at radius 2 is 1.75 bits per heavy atom. The normalized spacial score (nSPS) is 25.1. The Hall–Kier alpha value is -2.63. The van der Waals surface area contributed by atoms with Crippen LogP contribution in [0.3, 0.4) is 0 Å². The SMILES string of the molecule is CC(=O)c1csc([C@@H](C[C@H](C(C)C)N(C)C(=O)OC(C)(C)C)OCCCCN2C(=O)C3C4C=CC(O4)C3C2=O)n1. The van der Waals surface area contributed by atoms with E-state index < -0.39 is 29.6 Å². The Bertz CT molecular complexity index is 1130. The van der Waals surface area contributed by atoms with Crippen molar-refractivity contribution in [2.75, 3.05) is 20.2 Å². The van der Waals surface area contributed by atoms with Crippen molar-refractivity contribution in [3.63, 3.8) is 0 Å². The van der Waals surface area contributed by atoms with Gasteiger partial charge in [0.1, 0.15) is 22.4 Å². The second-order valence-electron chi connectivity index (χ2n) is 12.2. The highest BCUT2D eigenvalue weighted by atomic mass is 32.1. The molecule has 1 aromatic rings. The van der Waals surface area contributed by atoms with E-state index in [0.29, 0.717) is 43.1 Å². The summed E-state index contributed by atoms with van der Waals surface area (Å²) in [6.45, 7) is 11.8. The number of carbonyl (C=O) groups excluding carboxylic acids is 4. The summed E-state index contributed by atoms with van der Waals surface area (Å²) in [6.07, 6.45) is 4.05. The number of fused-ring (bicyclic) bond motifs is 5. The average Bonchev–Trinajstić information content (AvgIpc) is 3.65. The number of Topliss-reactive ketones (excluding diaryl/α,β-unsaturated/α-hetero) is 1. The van der Waals surface area contributed by atoms with Gasteiger partial charge in [0.15, 0.2) is 5.78 Å². The molecular formula is C29H41N3O7S. The topological polar surface area (TPSA) is 115 Å². The van der Waals surface area contributed by atoms with E-state index in [9.17, 15) is 19.2 Å². The zero-order valence-corrected chi connectivity index (χ0v) is 25.2. The van der Waals surface area contributed by atoms with Crippen molar-refractivity contribution in [3.8, 4) is 0 Å². The van der Waals surface area contributed by atoms with Crippen molar-refractivity contribution >= 4 is 35.0 Å². The maximum absolute atomic E-state index is 12.9. The fraction of sp³-hybridized carbons (Fsp3) is 0.690. The van der Waals surface area contributed by atoms with Crippen LogP contribution in [0, 0.1) is 17.8 Å². The molecule has 0 saturated carbocycles. The Labute approximate surface area is 240 Å². The van der Waals surface area contributed by atoms with E-state index in [4.69, 9.17) is 14.2 Å². The Morgan fingerprint density at radius 1 is 1.12 bits per heavy atom. The Balaban J connectivity index is 1.36. The van der Waals surface area contributed by atoms with Crippen LogP contribution in [0.15, 0.2) is 17.5 Å². The molecule has 2 bridgehead atoms. The van der Waals surface area contributed by atoms with Crippen molar-refractivity contribution in [2.45, 2.75) is 90.8 Å². The van der Waals surface area contributed by atoms with Crippen LogP contribution in [-0.2, 0) is 23.8 Å². The molecule has 0 spiro atoms. The van der Waals surface area contributed by atoms with Gasteiger partial charge in [-0.15, -0.1) is 11.3 Å². The number of ether oxygens (including phenoxy) is 3. The Kier molecular flexibility index (Phi) is 9.16. The predicted molar refractivity (Wildman–Crippen MR) is 149 cm³/mol. The van der Waals surface area contributed by atoms with Gasteiger partial charge in [-0.2, -0.15) is 0 Å². The molecule has 11 heteroatoms. The predicted octanol–water partition coefficient (Wildman–Crippen LogP) is 4.40. The van der Waals surface area contributed by atoms with Gasteiger partial charge >= 0.3 is 6.09 Å². The number of carbonyl (C=O) groups is 4. The molecule has 2 fully saturated rings. The van der Waals surface area contributed by atoms with Gasteiger partial charge in [-0.3, -0.25) is 19.3 Å². The molecule has 1 aromatic heterocycles. The van der Waals surface area contributed by atoms with Gasteiger partial charge in [0, 0.05) is 45.0 Å². The molecular weight excluding hydrogens is 534 g/mol. The minimum absolute atomic E-state index is 0.108. The van der Waals surface area contributed by atoms with Gasteiger partial charge in [-0.25, -0.2) is 9.78 Å². The number of unbranched alkanes of at least 4 members (excludes halogenated alkanes) is 1. The number of aromatic nitrogens is 1. The first-order valence-electron chi connectivity index (χ1n) is 14.0. The van der Waals surface area contributed by atoms with Crippen LogP contribution >= 0.6 is 11.3 Å². The first kappa shape index (κ1) is 30.3. The number of hydrogen-bond donors (Lipinski definition) is 0. The molecule has 3 aliphatic rings.